The second-order valence-electron chi connectivity index (χ2n) is 10.3. The number of carbonyl (C=O) groups excluding carboxylic acids is 2. The predicted octanol–water partition coefficient (Wildman–Crippen LogP) is 7.45. The van der Waals surface area contributed by atoms with Crippen molar-refractivity contribution < 1.29 is 14.7 Å². The molecule has 0 radical (unpaired) electrons. The van der Waals surface area contributed by atoms with E-state index in [1.54, 1.807) is 13.8 Å². The first-order valence-electron chi connectivity index (χ1n) is 12.9. The summed E-state index contributed by atoms with van der Waals surface area (Å²) in [6, 6.07) is 12.8. The summed E-state index contributed by atoms with van der Waals surface area (Å²) in [7, 11) is 0. The summed E-state index contributed by atoms with van der Waals surface area (Å²) >= 11 is 0. The van der Waals surface area contributed by atoms with Gasteiger partial charge in [-0.25, -0.2) is 4.98 Å². The molecule has 0 bridgehead atoms. The third-order valence-electron chi connectivity index (χ3n) is 6.39. The molecule has 0 atom stereocenters. The molecule has 0 aliphatic heterocycles. The van der Waals surface area contributed by atoms with Gasteiger partial charge < -0.3 is 14.9 Å². The predicted molar refractivity (Wildman–Crippen MR) is 153 cm³/mol. The van der Waals surface area contributed by atoms with E-state index in [0.717, 1.165) is 69.7 Å². The van der Waals surface area contributed by atoms with Gasteiger partial charge in [-0.2, -0.15) is 0 Å². The molecule has 0 aliphatic carbocycles. The van der Waals surface area contributed by atoms with Crippen molar-refractivity contribution in [3.05, 3.63) is 77.0 Å². The number of aromatic nitrogens is 2. The van der Waals surface area contributed by atoms with E-state index in [0.29, 0.717) is 11.1 Å². The Balaban J connectivity index is 0.00000121. The first-order valence-corrected chi connectivity index (χ1v) is 12.9. The zero-order valence-corrected chi connectivity index (χ0v) is 22.9. The van der Waals surface area contributed by atoms with Gasteiger partial charge >= 0.3 is 0 Å². The molecule has 0 saturated heterocycles. The highest BCUT2D eigenvalue weighted by atomic mass is 16.3. The van der Waals surface area contributed by atoms with Gasteiger partial charge in [-0.05, 0) is 93.0 Å². The lowest BCUT2D eigenvalue weighted by Gasteiger charge is -2.19. The lowest BCUT2D eigenvalue weighted by molar-refractivity contribution is -0.106. The maximum absolute atomic E-state index is 13.5. The van der Waals surface area contributed by atoms with E-state index >= 15 is 0 Å². The molecule has 0 saturated carbocycles. The number of aldehydes is 1. The van der Waals surface area contributed by atoms with Crippen molar-refractivity contribution in [2.75, 3.05) is 0 Å². The van der Waals surface area contributed by atoms with Crippen molar-refractivity contribution in [2.24, 2.45) is 0 Å². The highest BCUT2D eigenvalue weighted by molar-refractivity contribution is 6.19. The Hall–Kier alpha value is -3.57. The van der Waals surface area contributed by atoms with Crippen molar-refractivity contribution in [1.82, 2.24) is 9.97 Å². The summed E-state index contributed by atoms with van der Waals surface area (Å²) in [6.45, 7) is 15.1. The number of pyridine rings is 1. The van der Waals surface area contributed by atoms with Gasteiger partial charge in [0.15, 0.2) is 5.78 Å². The van der Waals surface area contributed by atoms with Crippen LogP contribution in [0.3, 0.4) is 0 Å². The number of ketones is 1. The van der Waals surface area contributed by atoms with Crippen LogP contribution < -0.4 is 0 Å². The Morgan fingerprint density at radius 1 is 1.19 bits per heavy atom. The van der Waals surface area contributed by atoms with E-state index in [9.17, 15) is 9.90 Å². The third-order valence-corrected chi connectivity index (χ3v) is 6.39. The minimum atomic E-state index is -0.996. The fraction of sp³-hybridized carbons (Fsp3) is 0.344. The summed E-state index contributed by atoms with van der Waals surface area (Å²) in [6.07, 6.45) is 6.15. The van der Waals surface area contributed by atoms with Crippen LogP contribution in [0.15, 0.2) is 54.7 Å². The number of nitrogens with one attached hydrogen (secondary N) is 1. The molecule has 5 heteroatoms. The number of H-pyrrole nitrogens is 1. The van der Waals surface area contributed by atoms with Crippen LogP contribution in [-0.4, -0.2) is 32.7 Å². The number of aliphatic hydroxyl groups is 1. The second-order valence-corrected chi connectivity index (χ2v) is 10.3. The van der Waals surface area contributed by atoms with Crippen LogP contribution in [0.2, 0.25) is 0 Å². The maximum Gasteiger partial charge on any atom is 0.188 e. The first kappa shape index (κ1) is 28.0. The Kier molecular flexibility index (Phi) is 8.82. The number of carbonyl (C=O) groups is 2. The number of benzene rings is 2. The number of fused-ring (bicyclic) bond motifs is 3. The van der Waals surface area contributed by atoms with Crippen LogP contribution in [0.1, 0.15) is 74.0 Å². The zero-order chi connectivity index (χ0) is 27.3. The molecular formula is C32H38N2O3. The molecule has 37 heavy (non-hydrogen) atoms. The number of aromatic amines is 1. The molecule has 4 rings (SSSR count). The normalized spacial score (nSPS) is 11.3. The lowest BCUT2D eigenvalue weighted by atomic mass is 9.88. The lowest BCUT2D eigenvalue weighted by Crippen LogP contribution is -2.22. The molecule has 0 amide bonds. The Morgan fingerprint density at radius 2 is 1.89 bits per heavy atom. The molecular weight excluding hydrogens is 460 g/mol. The van der Waals surface area contributed by atoms with Gasteiger partial charge in [-0.1, -0.05) is 44.2 Å². The SMILES string of the molecule is C=C(CC(C)(C)O)C(=O)c1cc(-c2cccc(CCCC)c2)c2c([nH]c3ncc(C)cc32)c1C.CC=O. The highest BCUT2D eigenvalue weighted by Gasteiger charge is 2.24. The molecule has 0 unspecified atom stereocenters. The van der Waals surface area contributed by atoms with Gasteiger partial charge in [-0.3, -0.25) is 4.79 Å². The van der Waals surface area contributed by atoms with E-state index in [2.05, 4.69) is 53.8 Å². The molecule has 5 nitrogen and oxygen atoms in total. The summed E-state index contributed by atoms with van der Waals surface area (Å²) < 4.78 is 0. The summed E-state index contributed by atoms with van der Waals surface area (Å²) in [5, 5.41) is 12.4. The molecule has 194 valence electrons. The van der Waals surface area contributed by atoms with Crippen LogP contribution >= 0.6 is 0 Å². The van der Waals surface area contributed by atoms with E-state index in [1.165, 1.54) is 12.5 Å². The van der Waals surface area contributed by atoms with Crippen molar-refractivity contribution >= 4 is 34.0 Å². The van der Waals surface area contributed by atoms with E-state index in [1.807, 2.05) is 26.1 Å². The Bertz CT molecular complexity index is 1450. The van der Waals surface area contributed by atoms with Crippen molar-refractivity contribution in [2.45, 2.75) is 72.8 Å². The topological polar surface area (TPSA) is 83.0 Å². The zero-order valence-electron chi connectivity index (χ0n) is 22.9. The molecule has 4 aromatic rings. The van der Waals surface area contributed by atoms with Gasteiger partial charge in [0.25, 0.3) is 0 Å². The van der Waals surface area contributed by atoms with Crippen LogP contribution in [-0.2, 0) is 11.2 Å². The van der Waals surface area contributed by atoms with Crippen molar-refractivity contribution in [1.29, 1.82) is 0 Å². The van der Waals surface area contributed by atoms with Gasteiger partial charge in [-0.15, -0.1) is 0 Å². The van der Waals surface area contributed by atoms with Crippen molar-refractivity contribution in [3.8, 4) is 11.1 Å². The molecule has 2 aromatic carbocycles. The number of rotatable bonds is 8. The number of aryl methyl sites for hydroxylation is 3. The van der Waals surface area contributed by atoms with Crippen LogP contribution in [0.4, 0.5) is 0 Å². The fourth-order valence-corrected chi connectivity index (χ4v) is 4.73. The Labute approximate surface area is 219 Å². The Morgan fingerprint density at radius 3 is 2.54 bits per heavy atom. The van der Waals surface area contributed by atoms with Crippen LogP contribution in [0.25, 0.3) is 33.1 Å². The van der Waals surface area contributed by atoms with Gasteiger partial charge in [0.2, 0.25) is 0 Å². The standard InChI is InChI=1S/C30H34N2O2.C2H4O/c1-7-8-10-21-11-9-12-22(14-21)24-15-23(28(33)19(3)16-30(5,6)34)20(4)27-26(24)25-13-18(2)17-31-29(25)32-27;1-2-3/h9,11-15,17,34H,3,7-8,10,16H2,1-2,4-6H3,(H,31,32);2H,1H3. The smallest absolute Gasteiger partial charge is 0.188 e. The minimum Gasteiger partial charge on any atom is -0.390 e. The van der Waals surface area contributed by atoms with Gasteiger partial charge in [0.1, 0.15) is 11.9 Å². The molecule has 0 aliphatic rings. The van der Waals surface area contributed by atoms with Crippen molar-refractivity contribution in [3.63, 3.8) is 0 Å². The highest BCUT2D eigenvalue weighted by Crippen LogP contribution is 2.39. The number of Topliss-reactive ketones (excluding diaryl/α,β-unsaturated/α-hetero) is 1. The monoisotopic (exact) mass is 498 g/mol. The summed E-state index contributed by atoms with van der Waals surface area (Å²) in [5.41, 5.74) is 7.11. The third kappa shape index (κ3) is 6.41. The van der Waals surface area contributed by atoms with E-state index in [4.69, 9.17) is 4.79 Å². The van der Waals surface area contributed by atoms with Gasteiger partial charge in [0, 0.05) is 29.0 Å². The first-order chi connectivity index (χ1) is 17.5. The molecule has 0 spiro atoms. The van der Waals surface area contributed by atoms with E-state index in [-0.39, 0.29) is 12.2 Å². The molecule has 0 fully saturated rings. The summed E-state index contributed by atoms with van der Waals surface area (Å²) in [4.78, 5) is 30.4. The average Bonchev–Trinajstić information content (AvgIpc) is 3.21. The maximum atomic E-state index is 13.5. The second kappa shape index (κ2) is 11.7. The van der Waals surface area contributed by atoms with Gasteiger partial charge in [0.05, 0.1) is 11.1 Å². The van der Waals surface area contributed by atoms with Crippen LogP contribution in [0, 0.1) is 13.8 Å². The average molecular weight is 499 g/mol. The largest absolute Gasteiger partial charge is 0.390 e. The van der Waals surface area contributed by atoms with E-state index < -0.39 is 5.60 Å². The number of nitrogens with zero attached hydrogens (tertiary/aromatic N) is 1. The molecule has 2 aromatic heterocycles. The molecule has 2 N–H and O–H groups in total. The number of hydrogen-bond acceptors (Lipinski definition) is 4. The fourth-order valence-electron chi connectivity index (χ4n) is 4.73. The number of unbranched alkanes of at least 4 members (excludes halogenated alkanes) is 1. The quantitative estimate of drug-likeness (QED) is 0.150. The number of hydrogen-bond donors (Lipinski definition) is 2. The summed E-state index contributed by atoms with van der Waals surface area (Å²) in [5.74, 6) is -0.132. The van der Waals surface area contributed by atoms with Crippen LogP contribution in [0.5, 0.6) is 0 Å². The minimum absolute atomic E-state index is 0.132. The molecule has 2 heterocycles.